The van der Waals surface area contributed by atoms with E-state index in [2.05, 4.69) is 11.8 Å². The van der Waals surface area contributed by atoms with Crippen LogP contribution in [0.15, 0.2) is 0 Å². The number of hydrogen-bond donors (Lipinski definition) is 2. The fourth-order valence-corrected chi connectivity index (χ4v) is 2.47. The van der Waals surface area contributed by atoms with Crippen LogP contribution in [0.3, 0.4) is 0 Å². The van der Waals surface area contributed by atoms with Crippen LogP contribution in [-0.2, 0) is 4.79 Å². The van der Waals surface area contributed by atoms with E-state index in [0.717, 1.165) is 32.4 Å². The van der Waals surface area contributed by atoms with Crippen molar-refractivity contribution >= 4 is 23.1 Å². The van der Waals surface area contributed by atoms with Gasteiger partial charge in [0.05, 0.1) is 10.4 Å². The molecule has 1 heterocycles. The minimum absolute atomic E-state index is 0.208. The fraction of sp³-hybridized carbons (Fsp3) is 0.818. The van der Waals surface area contributed by atoms with E-state index < -0.39 is 0 Å². The molecule has 2 unspecified atom stereocenters. The molecule has 0 aliphatic carbocycles. The molecule has 4 nitrogen and oxygen atoms in total. The lowest BCUT2D eigenvalue weighted by Crippen LogP contribution is -2.41. The van der Waals surface area contributed by atoms with Crippen LogP contribution in [0.5, 0.6) is 0 Å². The molecule has 4 N–H and O–H groups in total. The number of nitrogens with two attached hydrogens (primary N) is 2. The molecule has 5 heteroatoms. The van der Waals surface area contributed by atoms with Gasteiger partial charge < -0.3 is 11.5 Å². The van der Waals surface area contributed by atoms with Gasteiger partial charge in [0, 0.05) is 19.0 Å². The molecular weight excluding hydrogens is 222 g/mol. The molecule has 0 saturated carbocycles. The summed E-state index contributed by atoms with van der Waals surface area (Å²) in [4.78, 5) is 14.2. The first-order chi connectivity index (χ1) is 7.39. The van der Waals surface area contributed by atoms with Gasteiger partial charge in [0.25, 0.3) is 0 Å². The third-order valence-corrected chi connectivity index (χ3v) is 3.69. The van der Waals surface area contributed by atoms with Crippen molar-refractivity contribution in [2.45, 2.75) is 39.2 Å². The van der Waals surface area contributed by atoms with Crippen molar-refractivity contribution in [2.24, 2.45) is 16.9 Å². The molecule has 0 aromatic rings. The molecule has 0 aromatic carbocycles. The van der Waals surface area contributed by atoms with Gasteiger partial charge in [-0.3, -0.25) is 9.69 Å². The van der Waals surface area contributed by atoms with Crippen LogP contribution in [0, 0.1) is 5.41 Å². The average molecular weight is 243 g/mol. The normalized spacial score (nSPS) is 27.9. The molecule has 1 amide bonds. The summed E-state index contributed by atoms with van der Waals surface area (Å²) in [6, 6.07) is 0.346. The largest absolute Gasteiger partial charge is 0.393 e. The smallest absolute Gasteiger partial charge is 0.224 e. The Morgan fingerprint density at radius 2 is 2.19 bits per heavy atom. The maximum atomic E-state index is 11.3. The van der Waals surface area contributed by atoms with Crippen LogP contribution >= 0.6 is 12.2 Å². The van der Waals surface area contributed by atoms with Crippen LogP contribution in [-0.4, -0.2) is 34.9 Å². The van der Waals surface area contributed by atoms with Crippen molar-refractivity contribution in [2.75, 3.05) is 13.1 Å². The van der Waals surface area contributed by atoms with Crippen LogP contribution in [0.2, 0.25) is 0 Å². The van der Waals surface area contributed by atoms with Gasteiger partial charge in [0.15, 0.2) is 0 Å². The first-order valence-electron chi connectivity index (χ1n) is 5.71. The van der Waals surface area contributed by atoms with Gasteiger partial charge in [-0.05, 0) is 26.3 Å². The molecule has 0 aromatic heterocycles. The summed E-state index contributed by atoms with van der Waals surface area (Å²) < 4.78 is 0. The summed E-state index contributed by atoms with van der Waals surface area (Å²) in [7, 11) is 0. The first kappa shape index (κ1) is 13.4. The SMILES string of the molecule is CCC(CC(N)=S)N1CCC(C)(C(N)=O)C1. The van der Waals surface area contributed by atoms with Crippen molar-refractivity contribution in [3.05, 3.63) is 0 Å². The van der Waals surface area contributed by atoms with Crippen molar-refractivity contribution in [1.82, 2.24) is 4.90 Å². The topological polar surface area (TPSA) is 72.3 Å². The predicted octanol–water partition coefficient (Wildman–Crippen LogP) is 0.638. The number of thiocarbonyl (C=S) groups is 1. The second-order valence-corrected chi connectivity index (χ2v) is 5.40. The van der Waals surface area contributed by atoms with Crippen LogP contribution in [0.1, 0.15) is 33.1 Å². The average Bonchev–Trinajstić information content (AvgIpc) is 2.58. The zero-order valence-corrected chi connectivity index (χ0v) is 10.8. The van der Waals surface area contributed by atoms with E-state index in [1.54, 1.807) is 0 Å². The Bertz CT molecular complexity index is 295. The molecule has 2 atom stereocenters. The second kappa shape index (κ2) is 5.10. The third-order valence-electron chi connectivity index (χ3n) is 3.52. The molecule has 1 aliphatic heterocycles. The van der Waals surface area contributed by atoms with Crippen LogP contribution < -0.4 is 11.5 Å². The van der Waals surface area contributed by atoms with Crippen molar-refractivity contribution in [3.8, 4) is 0 Å². The number of amides is 1. The number of hydrogen-bond acceptors (Lipinski definition) is 3. The minimum Gasteiger partial charge on any atom is -0.393 e. The first-order valence-corrected chi connectivity index (χ1v) is 6.12. The molecule has 1 aliphatic rings. The number of carbonyl (C=O) groups excluding carboxylic acids is 1. The number of rotatable bonds is 5. The Hall–Kier alpha value is -0.680. The van der Waals surface area contributed by atoms with Gasteiger partial charge in [-0.1, -0.05) is 19.1 Å². The van der Waals surface area contributed by atoms with E-state index in [9.17, 15) is 4.79 Å². The zero-order valence-electron chi connectivity index (χ0n) is 10.0. The number of carbonyl (C=O) groups is 1. The van der Waals surface area contributed by atoms with E-state index in [0.29, 0.717) is 11.0 Å². The van der Waals surface area contributed by atoms with E-state index >= 15 is 0 Å². The molecule has 0 bridgehead atoms. The fourth-order valence-electron chi connectivity index (χ4n) is 2.27. The summed E-state index contributed by atoms with van der Waals surface area (Å²) >= 11 is 4.94. The molecule has 0 spiro atoms. The molecule has 1 rings (SSSR count). The minimum atomic E-state index is -0.385. The highest BCUT2D eigenvalue weighted by atomic mass is 32.1. The summed E-state index contributed by atoms with van der Waals surface area (Å²) in [5, 5.41) is 0. The number of primary amides is 1. The molecule has 1 saturated heterocycles. The Labute approximate surface area is 102 Å². The van der Waals surface area contributed by atoms with Gasteiger partial charge >= 0.3 is 0 Å². The van der Waals surface area contributed by atoms with Gasteiger partial charge in [-0.15, -0.1) is 0 Å². The molecule has 92 valence electrons. The van der Waals surface area contributed by atoms with E-state index in [4.69, 9.17) is 23.7 Å². The van der Waals surface area contributed by atoms with Crippen LogP contribution in [0.25, 0.3) is 0 Å². The Kier molecular flexibility index (Phi) is 4.27. The summed E-state index contributed by atoms with van der Waals surface area (Å²) in [5.41, 5.74) is 10.6. The molecule has 1 fully saturated rings. The lowest BCUT2D eigenvalue weighted by molar-refractivity contribution is -0.126. The molecule has 0 radical (unpaired) electrons. The quantitative estimate of drug-likeness (QED) is 0.695. The monoisotopic (exact) mass is 243 g/mol. The van der Waals surface area contributed by atoms with Gasteiger partial charge in [0.1, 0.15) is 0 Å². The van der Waals surface area contributed by atoms with Gasteiger partial charge in [0.2, 0.25) is 5.91 Å². The Balaban J connectivity index is 2.63. The standard InChI is InChI=1S/C11H21N3OS/c1-3-8(6-9(12)16)14-5-4-11(2,7-14)10(13)15/h8H,3-7H2,1-2H3,(H2,12,16)(H2,13,15). The van der Waals surface area contributed by atoms with Crippen molar-refractivity contribution < 1.29 is 4.79 Å². The van der Waals surface area contributed by atoms with Crippen molar-refractivity contribution in [1.29, 1.82) is 0 Å². The number of nitrogens with zero attached hydrogens (tertiary/aromatic N) is 1. The Morgan fingerprint density at radius 3 is 2.56 bits per heavy atom. The Morgan fingerprint density at radius 1 is 1.56 bits per heavy atom. The highest BCUT2D eigenvalue weighted by Gasteiger charge is 2.40. The highest BCUT2D eigenvalue weighted by molar-refractivity contribution is 7.80. The molecule has 16 heavy (non-hydrogen) atoms. The third kappa shape index (κ3) is 2.92. The van der Waals surface area contributed by atoms with E-state index in [1.165, 1.54) is 0 Å². The molecular formula is C11H21N3OS. The lowest BCUT2D eigenvalue weighted by Gasteiger charge is -2.28. The highest BCUT2D eigenvalue weighted by Crippen LogP contribution is 2.31. The number of likely N-dealkylation sites (tertiary alicyclic amines) is 1. The van der Waals surface area contributed by atoms with Gasteiger partial charge in [-0.2, -0.15) is 0 Å². The summed E-state index contributed by atoms with van der Waals surface area (Å²) in [5.74, 6) is -0.208. The van der Waals surface area contributed by atoms with E-state index in [1.807, 2.05) is 6.92 Å². The maximum absolute atomic E-state index is 11.3. The predicted molar refractivity (Wildman–Crippen MR) is 69.0 cm³/mol. The van der Waals surface area contributed by atoms with Crippen molar-refractivity contribution in [3.63, 3.8) is 0 Å². The van der Waals surface area contributed by atoms with E-state index in [-0.39, 0.29) is 11.3 Å². The maximum Gasteiger partial charge on any atom is 0.224 e. The van der Waals surface area contributed by atoms with Gasteiger partial charge in [-0.25, -0.2) is 0 Å². The van der Waals surface area contributed by atoms with Crippen LogP contribution in [0.4, 0.5) is 0 Å². The summed E-state index contributed by atoms with van der Waals surface area (Å²) in [6.07, 6.45) is 2.54. The lowest BCUT2D eigenvalue weighted by atomic mass is 9.89. The second-order valence-electron chi connectivity index (χ2n) is 4.88. The summed E-state index contributed by atoms with van der Waals surface area (Å²) in [6.45, 7) is 5.68. The zero-order chi connectivity index (χ0) is 12.3.